The average molecular weight is 280 g/mol. The van der Waals surface area contributed by atoms with Gasteiger partial charge in [0.25, 0.3) is 5.56 Å². The Bertz CT molecular complexity index is 766. The first-order valence-electron chi connectivity index (χ1n) is 7.22. The number of benzene rings is 1. The van der Waals surface area contributed by atoms with E-state index in [1.165, 1.54) is 11.1 Å². The summed E-state index contributed by atoms with van der Waals surface area (Å²) in [5, 5.41) is 9.08. The van der Waals surface area contributed by atoms with Gasteiger partial charge < -0.3 is 4.57 Å². The smallest absolute Gasteiger partial charge is 0.269 e. The van der Waals surface area contributed by atoms with E-state index in [-0.39, 0.29) is 17.2 Å². The first-order valence-corrected chi connectivity index (χ1v) is 7.22. The van der Waals surface area contributed by atoms with Crippen LogP contribution in [-0.2, 0) is 0 Å². The molecule has 2 rings (SSSR count). The molecule has 1 heterocycles. The van der Waals surface area contributed by atoms with Gasteiger partial charge in [0.2, 0.25) is 0 Å². The van der Waals surface area contributed by atoms with Gasteiger partial charge in [-0.15, -0.1) is 0 Å². The van der Waals surface area contributed by atoms with E-state index in [0.717, 1.165) is 17.7 Å². The fourth-order valence-electron chi connectivity index (χ4n) is 2.39. The summed E-state index contributed by atoms with van der Waals surface area (Å²) in [5.74, 6) is 0. The van der Waals surface area contributed by atoms with Crippen molar-refractivity contribution in [1.82, 2.24) is 4.57 Å². The molecule has 108 valence electrons. The zero-order valence-corrected chi connectivity index (χ0v) is 13.0. The molecule has 3 heteroatoms. The molecule has 21 heavy (non-hydrogen) atoms. The van der Waals surface area contributed by atoms with Crippen LogP contribution in [0.4, 0.5) is 0 Å². The number of aryl methyl sites for hydroxylation is 2. The lowest BCUT2D eigenvalue weighted by molar-refractivity contribution is 0.519. The molecular weight excluding hydrogens is 260 g/mol. The lowest BCUT2D eigenvalue weighted by Gasteiger charge is -2.19. The minimum Gasteiger partial charge on any atom is -0.304 e. The Morgan fingerprint density at radius 3 is 2.48 bits per heavy atom. The van der Waals surface area contributed by atoms with Crippen LogP contribution in [0.1, 0.15) is 43.0 Å². The summed E-state index contributed by atoms with van der Waals surface area (Å²) in [7, 11) is 0. The van der Waals surface area contributed by atoms with Gasteiger partial charge in [-0.25, -0.2) is 0 Å². The van der Waals surface area contributed by atoms with Crippen molar-refractivity contribution < 1.29 is 0 Å². The molecule has 0 radical (unpaired) electrons. The summed E-state index contributed by atoms with van der Waals surface area (Å²) >= 11 is 0. The zero-order chi connectivity index (χ0) is 15.6. The number of aromatic nitrogens is 1. The average Bonchev–Trinajstić information content (AvgIpc) is 2.49. The van der Waals surface area contributed by atoms with Crippen LogP contribution in [0.2, 0.25) is 0 Å². The summed E-state index contributed by atoms with van der Waals surface area (Å²) in [4.78, 5) is 12.5. The first-order chi connectivity index (χ1) is 9.99. The molecule has 0 aliphatic heterocycles. The molecular formula is C18H20N2O. The number of hydrogen-bond donors (Lipinski definition) is 0. The molecule has 2 aromatic rings. The van der Waals surface area contributed by atoms with Gasteiger partial charge in [0.15, 0.2) is 0 Å². The third-order valence-electron chi connectivity index (χ3n) is 4.07. The van der Waals surface area contributed by atoms with Crippen LogP contribution >= 0.6 is 0 Å². The predicted molar refractivity (Wildman–Crippen MR) is 85.3 cm³/mol. The van der Waals surface area contributed by atoms with Gasteiger partial charge in [0, 0.05) is 6.04 Å². The number of pyridine rings is 1. The standard InChI is InChI=1S/C18H20N2O/c1-5-14(4)20-17(9-8-16(11-19)18(20)21)15-7-6-12(2)13(3)10-15/h6-10,14H,5H2,1-4H3. The molecule has 0 N–H and O–H groups in total. The summed E-state index contributed by atoms with van der Waals surface area (Å²) in [6, 6.07) is 11.7. The van der Waals surface area contributed by atoms with Crippen LogP contribution < -0.4 is 5.56 Å². The van der Waals surface area contributed by atoms with E-state index >= 15 is 0 Å². The van der Waals surface area contributed by atoms with E-state index in [2.05, 4.69) is 26.0 Å². The van der Waals surface area contributed by atoms with Gasteiger partial charge in [0.05, 0.1) is 5.69 Å². The molecule has 1 atom stereocenters. The van der Waals surface area contributed by atoms with Crippen molar-refractivity contribution in [2.75, 3.05) is 0 Å². The summed E-state index contributed by atoms with van der Waals surface area (Å²) in [6.07, 6.45) is 0.840. The van der Waals surface area contributed by atoms with Gasteiger partial charge in [-0.2, -0.15) is 5.26 Å². The topological polar surface area (TPSA) is 45.8 Å². The number of nitrogens with zero attached hydrogens (tertiary/aromatic N) is 2. The summed E-state index contributed by atoms with van der Waals surface area (Å²) in [5.41, 5.74) is 4.30. The van der Waals surface area contributed by atoms with E-state index in [9.17, 15) is 4.79 Å². The third kappa shape index (κ3) is 2.75. The van der Waals surface area contributed by atoms with Crippen LogP contribution in [0.5, 0.6) is 0 Å². The Morgan fingerprint density at radius 1 is 1.19 bits per heavy atom. The lowest BCUT2D eigenvalue weighted by atomic mass is 10.0. The van der Waals surface area contributed by atoms with Gasteiger partial charge in [0.1, 0.15) is 11.6 Å². The highest BCUT2D eigenvalue weighted by atomic mass is 16.1. The van der Waals surface area contributed by atoms with Crippen molar-refractivity contribution in [3.05, 3.63) is 57.4 Å². The molecule has 0 saturated carbocycles. The Balaban J connectivity index is 2.74. The fraction of sp³-hybridized carbons (Fsp3) is 0.333. The molecule has 0 fully saturated rings. The normalized spacial score (nSPS) is 12.0. The minimum atomic E-state index is -0.206. The van der Waals surface area contributed by atoms with Crippen molar-refractivity contribution in [2.24, 2.45) is 0 Å². The van der Waals surface area contributed by atoms with E-state index in [1.54, 1.807) is 10.6 Å². The molecule has 0 saturated heterocycles. The number of hydrogen-bond acceptors (Lipinski definition) is 2. The van der Waals surface area contributed by atoms with Crippen LogP contribution in [0, 0.1) is 25.2 Å². The second kappa shape index (κ2) is 5.97. The van der Waals surface area contributed by atoms with Crippen molar-refractivity contribution in [3.8, 4) is 17.3 Å². The lowest BCUT2D eigenvalue weighted by Crippen LogP contribution is -2.26. The first kappa shape index (κ1) is 15.1. The molecule has 0 aliphatic carbocycles. The predicted octanol–water partition coefficient (Wildman–Crippen LogP) is 3.97. The molecule has 1 unspecified atom stereocenters. The molecule has 0 amide bonds. The highest BCUT2D eigenvalue weighted by molar-refractivity contribution is 5.62. The highest BCUT2D eigenvalue weighted by Gasteiger charge is 2.14. The van der Waals surface area contributed by atoms with E-state index in [0.29, 0.717) is 0 Å². The Kier molecular flexibility index (Phi) is 4.28. The van der Waals surface area contributed by atoms with Gasteiger partial charge >= 0.3 is 0 Å². The zero-order valence-electron chi connectivity index (χ0n) is 13.0. The molecule has 3 nitrogen and oxygen atoms in total. The highest BCUT2D eigenvalue weighted by Crippen LogP contribution is 2.24. The van der Waals surface area contributed by atoms with E-state index in [1.807, 2.05) is 32.0 Å². The Labute approximate surface area is 125 Å². The Morgan fingerprint density at radius 2 is 1.90 bits per heavy atom. The molecule has 1 aromatic heterocycles. The molecule has 0 aliphatic rings. The largest absolute Gasteiger partial charge is 0.304 e. The summed E-state index contributed by atoms with van der Waals surface area (Å²) in [6.45, 7) is 8.18. The molecule has 0 bridgehead atoms. The van der Waals surface area contributed by atoms with Gasteiger partial charge in [-0.3, -0.25) is 4.79 Å². The minimum absolute atomic E-state index is 0.0578. The van der Waals surface area contributed by atoms with Gasteiger partial charge in [-0.05, 0) is 62.1 Å². The van der Waals surface area contributed by atoms with Crippen molar-refractivity contribution >= 4 is 0 Å². The quantitative estimate of drug-likeness (QED) is 0.853. The van der Waals surface area contributed by atoms with E-state index < -0.39 is 0 Å². The maximum Gasteiger partial charge on any atom is 0.269 e. The van der Waals surface area contributed by atoms with Crippen molar-refractivity contribution in [3.63, 3.8) is 0 Å². The second-order valence-electron chi connectivity index (χ2n) is 5.48. The Hall–Kier alpha value is -2.34. The maximum atomic E-state index is 12.5. The van der Waals surface area contributed by atoms with Crippen LogP contribution in [0.25, 0.3) is 11.3 Å². The van der Waals surface area contributed by atoms with E-state index in [4.69, 9.17) is 5.26 Å². The maximum absolute atomic E-state index is 12.5. The van der Waals surface area contributed by atoms with Crippen LogP contribution in [0.15, 0.2) is 35.1 Å². The van der Waals surface area contributed by atoms with Crippen molar-refractivity contribution in [2.45, 2.75) is 40.2 Å². The monoisotopic (exact) mass is 280 g/mol. The van der Waals surface area contributed by atoms with Gasteiger partial charge in [-0.1, -0.05) is 19.1 Å². The molecule has 1 aromatic carbocycles. The number of nitriles is 1. The third-order valence-corrected chi connectivity index (χ3v) is 4.07. The van der Waals surface area contributed by atoms with Crippen LogP contribution in [0.3, 0.4) is 0 Å². The van der Waals surface area contributed by atoms with Crippen molar-refractivity contribution in [1.29, 1.82) is 5.26 Å². The fourth-order valence-corrected chi connectivity index (χ4v) is 2.39. The summed E-state index contributed by atoms with van der Waals surface area (Å²) < 4.78 is 1.74. The number of rotatable bonds is 3. The molecule has 0 spiro atoms. The second-order valence-corrected chi connectivity index (χ2v) is 5.48. The SMILES string of the molecule is CCC(C)n1c(-c2ccc(C)c(C)c2)ccc(C#N)c1=O. The van der Waals surface area contributed by atoms with Crippen LogP contribution in [-0.4, -0.2) is 4.57 Å².